The Kier molecular flexibility index (Phi) is 5.47. The fourth-order valence-electron chi connectivity index (χ4n) is 0.463. The molecule has 14 heavy (non-hydrogen) atoms. The second kappa shape index (κ2) is 5.37. The number of esters is 1. The van der Waals surface area contributed by atoms with Crippen molar-refractivity contribution in [1.29, 1.82) is 0 Å². The molecular weight excluding hydrogens is 254 g/mol. The summed E-state index contributed by atoms with van der Waals surface area (Å²) < 4.78 is 2.47. The molecule has 0 aromatic heterocycles. The van der Waals surface area contributed by atoms with Crippen molar-refractivity contribution >= 4 is 40.8 Å². The average Bonchev–Trinajstić information content (AvgIpc) is 2.12. The highest BCUT2D eigenvalue weighted by Gasteiger charge is 2.35. The average molecular weight is 266 g/mol. The van der Waals surface area contributed by atoms with Crippen LogP contribution in [0.1, 0.15) is 6.92 Å². The van der Waals surface area contributed by atoms with Gasteiger partial charge in [0.2, 0.25) is 0 Å². The lowest BCUT2D eigenvalue weighted by molar-refractivity contribution is -0.147. The van der Waals surface area contributed by atoms with E-state index in [1.165, 1.54) is 6.92 Å². The molecule has 0 saturated carbocycles. The van der Waals surface area contributed by atoms with Gasteiger partial charge in [-0.3, -0.25) is 0 Å². The fraction of sp³-hybridized carbons (Fsp3) is 0.857. The zero-order chi connectivity index (χ0) is 11.4. The van der Waals surface area contributed by atoms with E-state index in [0.717, 1.165) is 0 Å². The third-order valence-electron chi connectivity index (χ3n) is 1.55. The predicted octanol–water partition coefficient (Wildman–Crippen LogP) is 0.891. The van der Waals surface area contributed by atoms with Crippen LogP contribution in [0.5, 0.6) is 0 Å². The van der Waals surface area contributed by atoms with Crippen molar-refractivity contribution in [3.63, 3.8) is 0 Å². The number of aliphatic hydroxyl groups excluding tert-OH is 2. The van der Waals surface area contributed by atoms with Crippen molar-refractivity contribution in [1.82, 2.24) is 0 Å². The molecule has 0 unspecified atom stereocenters. The molecule has 0 aromatic rings. The van der Waals surface area contributed by atoms with Crippen molar-refractivity contribution in [2.24, 2.45) is 5.41 Å². The van der Waals surface area contributed by atoms with Crippen LogP contribution in [-0.4, -0.2) is 39.8 Å². The van der Waals surface area contributed by atoms with E-state index in [0.29, 0.717) is 0 Å². The number of hydrogen-bond acceptors (Lipinski definition) is 4. The number of alkyl halides is 3. The fourth-order valence-corrected chi connectivity index (χ4v) is 0.627. The smallest absolute Gasteiger partial charge is 0.358 e. The number of carbonyl (C=O) groups is 1. The van der Waals surface area contributed by atoms with Gasteiger partial charge in [-0.2, -0.15) is 0 Å². The molecule has 0 radical (unpaired) electrons. The SMILES string of the molecule is CC(CO)(CO)COC(=O)C(Cl)(Cl)Cl. The first-order valence-electron chi connectivity index (χ1n) is 3.71. The van der Waals surface area contributed by atoms with Crippen molar-refractivity contribution in [3.8, 4) is 0 Å². The highest BCUT2D eigenvalue weighted by Crippen LogP contribution is 2.28. The number of halogens is 3. The van der Waals surface area contributed by atoms with Crippen molar-refractivity contribution in [2.75, 3.05) is 19.8 Å². The van der Waals surface area contributed by atoms with Crippen LogP contribution in [0.3, 0.4) is 0 Å². The summed E-state index contributed by atoms with van der Waals surface area (Å²) in [6, 6.07) is 0. The molecule has 0 aliphatic rings. The lowest BCUT2D eigenvalue weighted by Gasteiger charge is -2.24. The lowest BCUT2D eigenvalue weighted by atomic mass is 9.95. The van der Waals surface area contributed by atoms with Crippen LogP contribution >= 0.6 is 34.8 Å². The molecule has 0 fully saturated rings. The predicted molar refractivity (Wildman–Crippen MR) is 53.5 cm³/mol. The normalized spacial score (nSPS) is 12.7. The number of hydrogen-bond donors (Lipinski definition) is 2. The summed E-state index contributed by atoms with van der Waals surface area (Å²) in [5.74, 6) is -1.03. The minimum Gasteiger partial charge on any atom is -0.462 e. The first-order valence-corrected chi connectivity index (χ1v) is 4.84. The van der Waals surface area contributed by atoms with Gasteiger partial charge in [-0.1, -0.05) is 41.7 Å². The number of aliphatic hydroxyl groups is 2. The van der Waals surface area contributed by atoms with E-state index in [-0.39, 0.29) is 19.8 Å². The lowest BCUT2D eigenvalue weighted by Crippen LogP contribution is -2.35. The van der Waals surface area contributed by atoms with Gasteiger partial charge < -0.3 is 14.9 Å². The van der Waals surface area contributed by atoms with E-state index in [1.807, 2.05) is 0 Å². The van der Waals surface area contributed by atoms with E-state index >= 15 is 0 Å². The third-order valence-corrected chi connectivity index (χ3v) is 2.01. The van der Waals surface area contributed by atoms with Gasteiger partial charge in [0, 0.05) is 5.41 Å². The molecule has 0 aliphatic heterocycles. The summed E-state index contributed by atoms with van der Waals surface area (Å²) in [6.07, 6.45) is 0. The maximum atomic E-state index is 11.0. The zero-order valence-corrected chi connectivity index (χ0v) is 9.73. The van der Waals surface area contributed by atoms with Crippen molar-refractivity contribution in [2.45, 2.75) is 10.7 Å². The van der Waals surface area contributed by atoms with Gasteiger partial charge in [-0.15, -0.1) is 0 Å². The van der Waals surface area contributed by atoms with Crippen LogP contribution in [0.25, 0.3) is 0 Å². The Morgan fingerprint density at radius 3 is 2.00 bits per heavy atom. The van der Waals surface area contributed by atoms with E-state index in [2.05, 4.69) is 4.74 Å². The quantitative estimate of drug-likeness (QED) is 0.585. The molecule has 0 rings (SSSR count). The third kappa shape index (κ3) is 4.66. The van der Waals surface area contributed by atoms with Gasteiger partial charge in [0.25, 0.3) is 3.79 Å². The molecule has 0 bridgehead atoms. The van der Waals surface area contributed by atoms with Crippen LogP contribution < -0.4 is 0 Å². The number of carbonyl (C=O) groups excluding carboxylic acids is 1. The molecule has 0 heterocycles. The summed E-state index contributed by atoms with van der Waals surface area (Å²) in [7, 11) is 0. The maximum Gasteiger partial charge on any atom is 0.358 e. The largest absolute Gasteiger partial charge is 0.462 e. The molecule has 0 atom stereocenters. The summed E-state index contributed by atoms with van der Waals surface area (Å²) in [5.41, 5.74) is -0.925. The molecule has 0 aliphatic carbocycles. The van der Waals surface area contributed by atoms with Crippen LogP contribution in [0, 0.1) is 5.41 Å². The molecular formula is C7H11Cl3O4. The van der Waals surface area contributed by atoms with E-state index in [9.17, 15) is 4.79 Å². The van der Waals surface area contributed by atoms with Gasteiger partial charge in [0.05, 0.1) is 13.2 Å². The van der Waals surface area contributed by atoms with E-state index in [1.54, 1.807) is 0 Å². The minimum atomic E-state index is -2.13. The molecule has 7 heteroatoms. The van der Waals surface area contributed by atoms with Crippen LogP contribution in [-0.2, 0) is 9.53 Å². The summed E-state index contributed by atoms with van der Waals surface area (Å²) >= 11 is 15.7. The second-order valence-electron chi connectivity index (χ2n) is 3.20. The summed E-state index contributed by atoms with van der Waals surface area (Å²) in [6.45, 7) is 0.638. The van der Waals surface area contributed by atoms with E-state index < -0.39 is 15.2 Å². The van der Waals surface area contributed by atoms with Gasteiger partial charge in [0.15, 0.2) is 0 Å². The molecule has 4 nitrogen and oxygen atoms in total. The molecule has 0 amide bonds. The highest BCUT2D eigenvalue weighted by molar-refractivity contribution is 6.75. The molecule has 0 aromatic carbocycles. The van der Waals surface area contributed by atoms with Crippen LogP contribution in [0.4, 0.5) is 0 Å². The standard InChI is InChI=1S/C7H11Cl3O4/c1-6(2-11,3-12)4-14-5(13)7(8,9)10/h11-12H,2-4H2,1H3. The Morgan fingerprint density at radius 1 is 1.29 bits per heavy atom. The Hall–Kier alpha value is 0.260. The molecule has 84 valence electrons. The summed E-state index contributed by atoms with van der Waals surface area (Å²) in [4.78, 5) is 11.0. The Balaban J connectivity index is 4.12. The van der Waals surface area contributed by atoms with Crippen LogP contribution in [0.15, 0.2) is 0 Å². The second-order valence-corrected chi connectivity index (χ2v) is 5.48. The number of ether oxygens (including phenoxy) is 1. The van der Waals surface area contributed by atoms with Gasteiger partial charge in [-0.05, 0) is 0 Å². The monoisotopic (exact) mass is 264 g/mol. The minimum absolute atomic E-state index is 0.216. The highest BCUT2D eigenvalue weighted by atomic mass is 35.6. The molecule has 2 N–H and O–H groups in total. The topological polar surface area (TPSA) is 66.8 Å². The maximum absolute atomic E-state index is 11.0. The van der Waals surface area contributed by atoms with Gasteiger partial charge in [0.1, 0.15) is 6.61 Å². The van der Waals surface area contributed by atoms with E-state index in [4.69, 9.17) is 45.0 Å². The Bertz CT molecular complexity index is 198. The molecule has 0 spiro atoms. The van der Waals surface area contributed by atoms with Crippen molar-refractivity contribution < 1.29 is 19.7 Å². The first-order chi connectivity index (χ1) is 6.25. The number of rotatable bonds is 4. The Morgan fingerprint density at radius 2 is 1.71 bits per heavy atom. The van der Waals surface area contributed by atoms with Crippen LogP contribution in [0.2, 0.25) is 0 Å². The first kappa shape index (κ1) is 14.3. The van der Waals surface area contributed by atoms with Gasteiger partial charge in [-0.25, -0.2) is 4.79 Å². The molecule has 0 saturated heterocycles. The summed E-state index contributed by atoms with van der Waals surface area (Å²) in [5, 5.41) is 17.7. The van der Waals surface area contributed by atoms with Crippen molar-refractivity contribution in [3.05, 3.63) is 0 Å². The zero-order valence-electron chi connectivity index (χ0n) is 7.47. The Labute approximate surface area is 96.7 Å². The van der Waals surface area contributed by atoms with Gasteiger partial charge >= 0.3 is 5.97 Å².